The molecule has 0 aliphatic rings. The molecule has 0 fully saturated rings. The van der Waals surface area contributed by atoms with Gasteiger partial charge < -0.3 is 0 Å². The summed E-state index contributed by atoms with van der Waals surface area (Å²) in [5.74, 6) is 0. The van der Waals surface area contributed by atoms with Crippen LogP contribution in [0.2, 0.25) is 0 Å². The summed E-state index contributed by atoms with van der Waals surface area (Å²) in [5, 5.41) is 2.18. The zero-order valence-electron chi connectivity index (χ0n) is 8.31. The minimum absolute atomic E-state index is 0.372. The minimum Gasteiger partial charge on any atom is -0.294 e. The predicted molar refractivity (Wildman–Crippen MR) is 69.3 cm³/mol. The summed E-state index contributed by atoms with van der Waals surface area (Å²) in [6, 6.07) is 11.8. The van der Waals surface area contributed by atoms with Crippen molar-refractivity contribution in [1.29, 1.82) is 0 Å². The van der Waals surface area contributed by atoms with Crippen molar-refractivity contribution >= 4 is 38.0 Å². The first-order chi connectivity index (χ1) is 7.68. The van der Waals surface area contributed by atoms with Gasteiger partial charge >= 0.3 is 0 Å². The van der Waals surface area contributed by atoms with Crippen LogP contribution < -0.4 is 4.72 Å². The number of benzene rings is 2. The highest BCUT2D eigenvalue weighted by molar-refractivity contribution is 9.10. The first kappa shape index (κ1) is 11.7. The lowest BCUT2D eigenvalue weighted by Gasteiger charge is -2.07. The smallest absolute Gasteiger partial charge is 0.232 e. The van der Waals surface area contributed by atoms with Crippen molar-refractivity contribution in [2.45, 2.75) is 6.54 Å². The maximum absolute atomic E-state index is 10.6. The molecule has 1 unspecified atom stereocenters. The van der Waals surface area contributed by atoms with Crippen molar-refractivity contribution in [2.75, 3.05) is 0 Å². The third-order valence-corrected chi connectivity index (χ3v) is 3.43. The Morgan fingerprint density at radius 2 is 1.88 bits per heavy atom. The van der Waals surface area contributed by atoms with E-state index in [0.29, 0.717) is 6.54 Å². The van der Waals surface area contributed by atoms with Gasteiger partial charge in [0.05, 0.1) is 0 Å². The highest BCUT2D eigenvalue weighted by Crippen LogP contribution is 2.26. The van der Waals surface area contributed by atoms with Gasteiger partial charge in [0, 0.05) is 11.0 Å². The second kappa shape index (κ2) is 5.05. The highest BCUT2D eigenvalue weighted by Gasteiger charge is 2.03. The number of nitrogens with one attached hydrogen (secondary N) is 1. The molecule has 0 bridgehead atoms. The number of rotatable bonds is 3. The molecule has 2 rings (SSSR count). The van der Waals surface area contributed by atoms with E-state index in [2.05, 4.69) is 20.7 Å². The molecule has 0 aliphatic heterocycles. The molecule has 1 atom stereocenters. The Morgan fingerprint density at radius 1 is 1.19 bits per heavy atom. The second-order valence-corrected chi connectivity index (χ2v) is 4.96. The number of hydrogen-bond acceptors (Lipinski definition) is 1. The third-order valence-electron chi connectivity index (χ3n) is 2.35. The number of fused-ring (bicyclic) bond motifs is 1. The molecule has 0 saturated carbocycles. The van der Waals surface area contributed by atoms with E-state index >= 15 is 0 Å². The van der Waals surface area contributed by atoms with Gasteiger partial charge in [0.25, 0.3) is 0 Å². The molecular weight excluding hydrogens is 290 g/mol. The van der Waals surface area contributed by atoms with Crippen molar-refractivity contribution in [1.82, 2.24) is 4.72 Å². The van der Waals surface area contributed by atoms with E-state index in [4.69, 9.17) is 4.55 Å². The molecule has 84 valence electrons. The van der Waals surface area contributed by atoms with Crippen LogP contribution in [0.25, 0.3) is 10.8 Å². The SMILES string of the molecule is O=S(O)NCc1cccc2c(Br)cccc12. The molecular formula is C11H10BrNO2S. The van der Waals surface area contributed by atoms with E-state index in [1.54, 1.807) is 0 Å². The molecule has 5 heteroatoms. The topological polar surface area (TPSA) is 49.3 Å². The zero-order valence-corrected chi connectivity index (χ0v) is 10.7. The van der Waals surface area contributed by atoms with Gasteiger partial charge in [-0.3, -0.25) is 4.55 Å². The van der Waals surface area contributed by atoms with Crippen LogP contribution in [0, 0.1) is 0 Å². The molecule has 0 heterocycles. The zero-order chi connectivity index (χ0) is 11.5. The predicted octanol–water partition coefficient (Wildman–Crippen LogP) is 2.83. The van der Waals surface area contributed by atoms with E-state index in [-0.39, 0.29) is 0 Å². The fourth-order valence-corrected chi connectivity index (χ4v) is 2.41. The van der Waals surface area contributed by atoms with Gasteiger partial charge in [0.2, 0.25) is 11.3 Å². The van der Waals surface area contributed by atoms with Gasteiger partial charge in [0.15, 0.2) is 0 Å². The Hall–Kier alpha value is -0.750. The summed E-state index contributed by atoms with van der Waals surface area (Å²) in [4.78, 5) is 0. The van der Waals surface area contributed by atoms with Gasteiger partial charge in [-0.15, -0.1) is 0 Å². The lowest BCUT2D eigenvalue weighted by Crippen LogP contribution is -2.15. The second-order valence-electron chi connectivity index (χ2n) is 3.32. The highest BCUT2D eigenvalue weighted by atomic mass is 79.9. The minimum atomic E-state index is -1.98. The summed E-state index contributed by atoms with van der Waals surface area (Å²) >= 11 is 1.51. The molecule has 0 aliphatic carbocycles. The van der Waals surface area contributed by atoms with Gasteiger partial charge in [-0.2, -0.15) is 0 Å². The molecule has 0 radical (unpaired) electrons. The van der Waals surface area contributed by atoms with Crippen LogP contribution in [-0.4, -0.2) is 8.76 Å². The molecule has 0 amide bonds. The third kappa shape index (κ3) is 2.49. The lowest BCUT2D eigenvalue weighted by molar-refractivity contribution is 0.549. The van der Waals surface area contributed by atoms with E-state index in [9.17, 15) is 4.21 Å². The van der Waals surface area contributed by atoms with Gasteiger partial charge in [-0.25, -0.2) is 8.93 Å². The standard InChI is InChI=1S/C11H10BrNO2S/c12-11-6-2-4-9-8(7-13-16(14)15)3-1-5-10(9)11/h1-6,13H,7H2,(H,14,15). The average Bonchev–Trinajstić information content (AvgIpc) is 2.27. The van der Waals surface area contributed by atoms with E-state index in [1.165, 1.54) is 0 Å². The van der Waals surface area contributed by atoms with Crippen LogP contribution >= 0.6 is 15.9 Å². The first-order valence-corrected chi connectivity index (χ1v) is 6.59. The molecule has 16 heavy (non-hydrogen) atoms. The monoisotopic (exact) mass is 299 g/mol. The van der Waals surface area contributed by atoms with Crippen LogP contribution in [0.3, 0.4) is 0 Å². The Morgan fingerprint density at radius 3 is 2.62 bits per heavy atom. The molecule has 2 aromatic rings. The maximum atomic E-state index is 10.6. The van der Waals surface area contributed by atoms with Crippen LogP contribution in [-0.2, 0) is 17.8 Å². The van der Waals surface area contributed by atoms with Crippen molar-refractivity contribution in [2.24, 2.45) is 0 Å². The Bertz CT molecular complexity index is 544. The fraction of sp³-hybridized carbons (Fsp3) is 0.0909. The van der Waals surface area contributed by atoms with E-state index in [1.807, 2.05) is 36.4 Å². The van der Waals surface area contributed by atoms with Crippen molar-refractivity contribution in [3.05, 3.63) is 46.4 Å². The first-order valence-electron chi connectivity index (χ1n) is 4.69. The molecule has 0 saturated heterocycles. The Kier molecular flexibility index (Phi) is 3.70. The summed E-state index contributed by atoms with van der Waals surface area (Å²) in [6.07, 6.45) is 0. The van der Waals surface area contributed by atoms with Crippen LogP contribution in [0.15, 0.2) is 40.9 Å². The van der Waals surface area contributed by atoms with E-state index < -0.39 is 11.3 Å². The summed E-state index contributed by atoms with van der Waals surface area (Å²) < 4.78 is 22.8. The summed E-state index contributed by atoms with van der Waals surface area (Å²) in [7, 11) is 0. The van der Waals surface area contributed by atoms with Gasteiger partial charge in [-0.05, 0) is 22.4 Å². The van der Waals surface area contributed by atoms with E-state index in [0.717, 1.165) is 20.8 Å². The average molecular weight is 300 g/mol. The van der Waals surface area contributed by atoms with Crippen molar-refractivity contribution in [3.63, 3.8) is 0 Å². The normalized spacial score (nSPS) is 12.9. The Labute approximate surface area is 104 Å². The summed E-state index contributed by atoms with van der Waals surface area (Å²) in [5.41, 5.74) is 1.00. The number of hydrogen-bond donors (Lipinski definition) is 2. The maximum Gasteiger partial charge on any atom is 0.232 e. The molecule has 2 N–H and O–H groups in total. The molecule has 0 spiro atoms. The Balaban J connectivity index is 2.45. The summed E-state index contributed by atoms with van der Waals surface area (Å²) in [6.45, 7) is 0.372. The fourth-order valence-electron chi connectivity index (χ4n) is 1.63. The molecule has 3 nitrogen and oxygen atoms in total. The number of halogens is 1. The largest absolute Gasteiger partial charge is 0.294 e. The van der Waals surface area contributed by atoms with Crippen LogP contribution in [0.5, 0.6) is 0 Å². The van der Waals surface area contributed by atoms with Crippen molar-refractivity contribution < 1.29 is 8.76 Å². The lowest BCUT2D eigenvalue weighted by atomic mass is 10.1. The van der Waals surface area contributed by atoms with Crippen molar-refractivity contribution in [3.8, 4) is 0 Å². The van der Waals surface area contributed by atoms with Gasteiger partial charge in [0.1, 0.15) is 0 Å². The van der Waals surface area contributed by atoms with Crippen LogP contribution in [0.4, 0.5) is 0 Å². The quantitative estimate of drug-likeness (QED) is 0.856. The van der Waals surface area contributed by atoms with Crippen LogP contribution in [0.1, 0.15) is 5.56 Å². The molecule has 2 aromatic carbocycles. The van der Waals surface area contributed by atoms with Gasteiger partial charge in [-0.1, -0.05) is 46.3 Å². The molecule has 0 aromatic heterocycles.